The van der Waals surface area contributed by atoms with E-state index in [1.807, 2.05) is 0 Å². The number of nitrogens with one attached hydrogen (secondary N) is 2. The van der Waals surface area contributed by atoms with Crippen molar-refractivity contribution in [1.82, 2.24) is 5.32 Å². The molecule has 0 fully saturated rings. The van der Waals surface area contributed by atoms with Gasteiger partial charge < -0.3 is 15.7 Å². The van der Waals surface area contributed by atoms with Gasteiger partial charge in [-0.2, -0.15) is 0 Å². The summed E-state index contributed by atoms with van der Waals surface area (Å²) in [6.07, 6.45) is 0.0343. The van der Waals surface area contributed by atoms with E-state index in [2.05, 4.69) is 10.6 Å². The molecule has 3 N–H and O–H groups in total. The molecule has 7 nitrogen and oxygen atoms in total. The zero-order chi connectivity index (χ0) is 19.8. The lowest BCUT2D eigenvalue weighted by Gasteiger charge is -2.14. The summed E-state index contributed by atoms with van der Waals surface area (Å²) in [6.45, 7) is 1.37. The van der Waals surface area contributed by atoms with Crippen LogP contribution in [0.1, 0.15) is 23.7 Å². The maximum Gasteiger partial charge on any atom is 0.326 e. The highest BCUT2D eigenvalue weighted by Gasteiger charge is 2.21. The number of hydrogen-bond donors (Lipinski definition) is 3. The minimum absolute atomic E-state index is 0.0343. The smallest absolute Gasteiger partial charge is 0.326 e. The fraction of sp³-hybridized carbons (Fsp3) is 0.211. The van der Waals surface area contributed by atoms with Crippen LogP contribution in [0, 0.1) is 0 Å². The first kappa shape index (κ1) is 20.3. The number of carbonyl (C=O) groups is 3. The predicted molar refractivity (Wildman–Crippen MR) is 102 cm³/mol. The Hall–Kier alpha value is -3.00. The molecule has 142 valence electrons. The lowest BCUT2D eigenvalue weighted by Crippen LogP contribution is -2.41. The van der Waals surface area contributed by atoms with E-state index in [-0.39, 0.29) is 23.6 Å². The van der Waals surface area contributed by atoms with Gasteiger partial charge in [-0.15, -0.1) is 0 Å². The van der Waals surface area contributed by atoms with Gasteiger partial charge in [0, 0.05) is 28.8 Å². The highest BCUT2D eigenvalue weighted by molar-refractivity contribution is 7.85. The molecule has 0 aliphatic rings. The molecule has 0 unspecified atom stereocenters. The normalized spacial score (nSPS) is 12.6. The molecule has 2 rings (SSSR count). The largest absolute Gasteiger partial charge is 0.480 e. The molecule has 0 aromatic heterocycles. The van der Waals surface area contributed by atoms with Gasteiger partial charge in [0.05, 0.1) is 10.8 Å². The lowest BCUT2D eigenvalue weighted by atomic mass is 10.1. The van der Waals surface area contributed by atoms with E-state index >= 15 is 0 Å². The topological polar surface area (TPSA) is 113 Å². The van der Waals surface area contributed by atoms with Crippen LogP contribution in [0.15, 0.2) is 59.5 Å². The number of benzene rings is 2. The summed E-state index contributed by atoms with van der Waals surface area (Å²) in [7, 11) is -1.34. The third kappa shape index (κ3) is 6.34. The Morgan fingerprint density at radius 2 is 1.67 bits per heavy atom. The Bertz CT molecular complexity index is 837. The molecular formula is C19H20N2O5S. The fourth-order valence-electron chi connectivity index (χ4n) is 2.32. The van der Waals surface area contributed by atoms with Crippen molar-refractivity contribution in [2.45, 2.75) is 24.3 Å². The van der Waals surface area contributed by atoms with Gasteiger partial charge in [-0.05, 0) is 42.8 Å². The first-order chi connectivity index (χ1) is 12.9. The first-order valence-electron chi connectivity index (χ1n) is 8.21. The van der Waals surface area contributed by atoms with Crippen LogP contribution in [-0.2, 0) is 20.4 Å². The molecule has 0 radical (unpaired) electrons. The number of carboxylic acids is 1. The summed E-state index contributed by atoms with van der Waals surface area (Å²) in [5.41, 5.74) is 0.798. The predicted octanol–water partition coefficient (Wildman–Crippen LogP) is 2.03. The molecule has 2 aromatic rings. The highest BCUT2D eigenvalue weighted by Crippen LogP contribution is 2.11. The molecule has 2 atom stereocenters. The molecule has 8 heteroatoms. The van der Waals surface area contributed by atoms with Crippen molar-refractivity contribution in [2.24, 2.45) is 0 Å². The number of amides is 2. The zero-order valence-electron chi connectivity index (χ0n) is 14.7. The van der Waals surface area contributed by atoms with Crippen molar-refractivity contribution >= 4 is 34.3 Å². The summed E-state index contributed by atoms with van der Waals surface area (Å²) in [5.74, 6) is -1.86. The second-order valence-electron chi connectivity index (χ2n) is 5.77. The average Bonchev–Trinajstić information content (AvgIpc) is 2.65. The Labute approximate surface area is 159 Å². The van der Waals surface area contributed by atoms with E-state index in [0.29, 0.717) is 10.6 Å². The second kappa shape index (κ2) is 9.63. The number of carbonyl (C=O) groups excluding carboxylic acids is 2. The minimum atomic E-state index is -1.34. The standard InChI is InChI=1S/C19H20N2O5S/c1-13(22)20-15-9-7-14(8-10-15)18(23)21-17(19(24)25)11-12-27(26)16-5-3-2-4-6-16/h2-10,17H,11-12H2,1H3,(H,20,22)(H,21,23)(H,24,25)/t17-,27-/m1/s1. The average molecular weight is 388 g/mol. The van der Waals surface area contributed by atoms with Crippen molar-refractivity contribution in [3.63, 3.8) is 0 Å². The van der Waals surface area contributed by atoms with Crippen molar-refractivity contribution in [1.29, 1.82) is 0 Å². The number of anilines is 1. The van der Waals surface area contributed by atoms with Gasteiger partial charge in [0.25, 0.3) is 5.91 Å². The molecule has 0 heterocycles. The van der Waals surface area contributed by atoms with E-state index in [9.17, 15) is 23.7 Å². The summed E-state index contributed by atoms with van der Waals surface area (Å²) in [6, 6.07) is 13.7. The Morgan fingerprint density at radius 1 is 1.04 bits per heavy atom. The number of hydrogen-bond acceptors (Lipinski definition) is 4. The van der Waals surface area contributed by atoms with Crippen molar-refractivity contribution in [2.75, 3.05) is 11.1 Å². The number of aliphatic carboxylic acids is 1. The minimum Gasteiger partial charge on any atom is -0.480 e. The van der Waals surface area contributed by atoms with E-state index in [1.54, 1.807) is 42.5 Å². The molecular weight excluding hydrogens is 368 g/mol. The summed E-state index contributed by atoms with van der Waals surface area (Å²) < 4.78 is 12.2. The lowest BCUT2D eigenvalue weighted by molar-refractivity contribution is -0.139. The van der Waals surface area contributed by atoms with Crippen LogP contribution in [0.4, 0.5) is 5.69 Å². The maximum absolute atomic E-state index is 12.3. The van der Waals surface area contributed by atoms with Crippen LogP contribution in [0.5, 0.6) is 0 Å². The second-order valence-corrected chi connectivity index (χ2v) is 7.34. The molecule has 0 saturated carbocycles. The van der Waals surface area contributed by atoms with Crippen LogP contribution in [0.25, 0.3) is 0 Å². The first-order valence-corrected chi connectivity index (χ1v) is 9.53. The van der Waals surface area contributed by atoms with Crippen LogP contribution in [-0.4, -0.2) is 38.9 Å². The molecule has 0 saturated heterocycles. The Balaban J connectivity index is 1.96. The van der Waals surface area contributed by atoms with Gasteiger partial charge in [0.1, 0.15) is 6.04 Å². The van der Waals surface area contributed by atoms with E-state index < -0.39 is 28.7 Å². The van der Waals surface area contributed by atoms with Crippen LogP contribution < -0.4 is 10.6 Å². The van der Waals surface area contributed by atoms with E-state index in [4.69, 9.17) is 0 Å². The molecule has 0 aliphatic carbocycles. The fourth-order valence-corrected chi connectivity index (χ4v) is 3.47. The van der Waals surface area contributed by atoms with Crippen LogP contribution in [0.2, 0.25) is 0 Å². The van der Waals surface area contributed by atoms with Gasteiger partial charge in [0.15, 0.2) is 0 Å². The van der Waals surface area contributed by atoms with E-state index in [0.717, 1.165) is 0 Å². The van der Waals surface area contributed by atoms with Crippen molar-refractivity contribution < 1.29 is 23.7 Å². The summed E-state index contributed by atoms with van der Waals surface area (Å²) >= 11 is 0. The monoisotopic (exact) mass is 388 g/mol. The van der Waals surface area contributed by atoms with Crippen molar-refractivity contribution in [3.8, 4) is 0 Å². The highest BCUT2D eigenvalue weighted by atomic mass is 32.2. The quantitative estimate of drug-likeness (QED) is 0.640. The van der Waals surface area contributed by atoms with Gasteiger partial charge >= 0.3 is 5.97 Å². The Kier molecular flexibility index (Phi) is 7.25. The van der Waals surface area contributed by atoms with Gasteiger partial charge in [-0.3, -0.25) is 13.8 Å². The molecule has 2 aromatic carbocycles. The molecule has 0 aliphatic heterocycles. The molecule has 0 spiro atoms. The van der Waals surface area contributed by atoms with Gasteiger partial charge in [0.2, 0.25) is 5.91 Å². The third-order valence-electron chi connectivity index (χ3n) is 3.67. The van der Waals surface area contributed by atoms with Crippen LogP contribution >= 0.6 is 0 Å². The number of rotatable bonds is 8. The number of carboxylic acid groups (broad SMARTS) is 1. The molecule has 27 heavy (non-hydrogen) atoms. The van der Waals surface area contributed by atoms with Crippen LogP contribution in [0.3, 0.4) is 0 Å². The summed E-state index contributed by atoms with van der Waals surface area (Å²) in [5, 5.41) is 14.4. The van der Waals surface area contributed by atoms with E-state index in [1.165, 1.54) is 19.1 Å². The molecule has 0 bridgehead atoms. The maximum atomic E-state index is 12.3. The molecule has 2 amide bonds. The Morgan fingerprint density at radius 3 is 2.22 bits per heavy atom. The van der Waals surface area contributed by atoms with Gasteiger partial charge in [-0.25, -0.2) is 4.79 Å². The zero-order valence-corrected chi connectivity index (χ0v) is 15.5. The van der Waals surface area contributed by atoms with Crippen molar-refractivity contribution in [3.05, 3.63) is 60.2 Å². The third-order valence-corrected chi connectivity index (χ3v) is 5.07. The summed E-state index contributed by atoms with van der Waals surface area (Å²) in [4.78, 5) is 35.3. The van der Waals surface area contributed by atoms with Gasteiger partial charge in [-0.1, -0.05) is 18.2 Å². The SMILES string of the molecule is CC(=O)Nc1ccc(C(=O)N[C@H](CC[S@@](=O)c2ccccc2)C(=O)O)cc1.